The van der Waals surface area contributed by atoms with E-state index < -0.39 is 0 Å². The zero-order valence-electron chi connectivity index (χ0n) is 14.5. The highest BCUT2D eigenvalue weighted by Gasteiger charge is 2.16. The van der Waals surface area contributed by atoms with Gasteiger partial charge in [0.25, 0.3) is 5.56 Å². The summed E-state index contributed by atoms with van der Waals surface area (Å²) in [4.78, 5) is 20.1. The number of anilines is 1. The predicted molar refractivity (Wildman–Crippen MR) is 112 cm³/mol. The van der Waals surface area contributed by atoms with Crippen molar-refractivity contribution < 1.29 is 0 Å². The van der Waals surface area contributed by atoms with Gasteiger partial charge in [-0.1, -0.05) is 20.3 Å². The summed E-state index contributed by atoms with van der Waals surface area (Å²) in [5, 5.41) is 8.32. The van der Waals surface area contributed by atoms with E-state index in [9.17, 15) is 4.79 Å². The van der Waals surface area contributed by atoms with Crippen LogP contribution in [-0.2, 0) is 5.75 Å². The van der Waals surface area contributed by atoms with Gasteiger partial charge in [-0.25, -0.2) is 4.98 Å². The highest BCUT2D eigenvalue weighted by molar-refractivity contribution is 7.99. The predicted octanol–water partition coefficient (Wildman–Crippen LogP) is 3.90. The number of aromatic nitrogens is 2. The molecule has 26 heavy (non-hydrogen) atoms. The van der Waals surface area contributed by atoms with Gasteiger partial charge in [-0.15, -0.1) is 0 Å². The van der Waals surface area contributed by atoms with Crippen molar-refractivity contribution in [2.45, 2.75) is 63.0 Å². The second-order valence-corrected chi connectivity index (χ2v) is 8.42. The molecule has 2 fully saturated rings. The Morgan fingerprint density at radius 1 is 1.15 bits per heavy atom. The van der Waals surface area contributed by atoms with Crippen molar-refractivity contribution in [1.82, 2.24) is 15.3 Å². The average molecular weight is 375 g/mol. The number of nitrogens with one attached hydrogen (secondary N) is 3. The smallest absolute Gasteiger partial charge is 0.258 e. The number of thioether (sulfide) groups is 1. The van der Waals surface area contributed by atoms with Crippen LogP contribution in [0.3, 0.4) is 0 Å². The Bertz CT molecular complexity index is 779. The van der Waals surface area contributed by atoms with E-state index in [1.54, 1.807) is 0 Å². The Morgan fingerprint density at radius 3 is 2.69 bits per heavy atom. The first-order chi connectivity index (χ1) is 12.3. The van der Waals surface area contributed by atoms with Crippen molar-refractivity contribution in [3.63, 3.8) is 0 Å². The second-order valence-electron chi connectivity index (χ2n) is 7.13. The number of nitrogens with zero attached hydrogens (tertiary/aromatic N) is 1. The number of piperidine rings is 1. The largest absolute Gasteiger partial charge is 0.382 e. The molecule has 3 N–H and O–H groups in total. The first kappa shape index (κ1) is 19.2. The fourth-order valence-electron chi connectivity index (χ4n) is 3.81. The van der Waals surface area contributed by atoms with E-state index in [1.165, 1.54) is 38.5 Å². The second kappa shape index (κ2) is 8.91. The maximum atomic E-state index is 12.4. The van der Waals surface area contributed by atoms with E-state index in [4.69, 9.17) is 4.98 Å². The molecule has 2 heterocycles. The molecule has 1 aliphatic carbocycles. The van der Waals surface area contributed by atoms with Gasteiger partial charge in [-0.05, 0) is 57.0 Å². The fraction of sp³-hybridized carbons (Fsp3) is 0.600. The van der Waals surface area contributed by atoms with Crippen LogP contribution in [0.15, 0.2) is 23.0 Å². The highest BCUT2D eigenvalue weighted by atomic mass is 32.2. The van der Waals surface area contributed by atoms with Gasteiger partial charge in [0.05, 0.1) is 16.7 Å². The van der Waals surface area contributed by atoms with Crippen LogP contribution in [0.4, 0.5) is 5.69 Å². The van der Waals surface area contributed by atoms with Crippen molar-refractivity contribution in [1.29, 1.82) is 0 Å². The molecule has 2 aromatic rings. The van der Waals surface area contributed by atoms with Gasteiger partial charge in [-0.3, -0.25) is 4.79 Å². The third kappa shape index (κ3) is 4.60. The van der Waals surface area contributed by atoms with Gasteiger partial charge in [0.1, 0.15) is 5.82 Å². The summed E-state index contributed by atoms with van der Waals surface area (Å²) >= 11 is 1.91. The third-order valence-corrected chi connectivity index (χ3v) is 6.61. The quantitative estimate of drug-likeness (QED) is 0.740. The van der Waals surface area contributed by atoms with E-state index in [2.05, 4.69) is 15.6 Å². The van der Waals surface area contributed by atoms with Crippen LogP contribution in [0.1, 0.15) is 51.8 Å². The molecule has 6 heteroatoms. The molecule has 5 nitrogen and oxygen atoms in total. The minimum absolute atomic E-state index is 0. The van der Waals surface area contributed by atoms with Crippen molar-refractivity contribution in [3.8, 4) is 0 Å². The van der Waals surface area contributed by atoms with E-state index in [-0.39, 0.29) is 13.0 Å². The van der Waals surface area contributed by atoms with Crippen molar-refractivity contribution in [3.05, 3.63) is 34.4 Å². The molecule has 0 bridgehead atoms. The molecule has 1 saturated carbocycles. The monoisotopic (exact) mass is 374 g/mol. The molecule has 142 valence electrons. The Hall–Kier alpha value is -1.53. The number of H-pyrrole nitrogens is 1. The minimum Gasteiger partial charge on any atom is -0.382 e. The third-order valence-electron chi connectivity index (χ3n) is 5.22. The summed E-state index contributed by atoms with van der Waals surface area (Å²) in [6.07, 6.45) is 7.47. The first-order valence-electron chi connectivity index (χ1n) is 9.40. The maximum absolute atomic E-state index is 12.4. The molecule has 2 aliphatic rings. The number of benzene rings is 1. The lowest BCUT2D eigenvalue weighted by atomic mass is 10.2. The molecule has 1 aromatic heterocycles. The van der Waals surface area contributed by atoms with Crippen LogP contribution in [0, 0.1) is 0 Å². The van der Waals surface area contributed by atoms with Crippen molar-refractivity contribution in [2.24, 2.45) is 0 Å². The molecular weight excluding hydrogens is 344 g/mol. The van der Waals surface area contributed by atoms with Gasteiger partial charge in [0.2, 0.25) is 0 Å². The summed E-state index contributed by atoms with van der Waals surface area (Å²) in [5.74, 6) is 1.56. The highest BCUT2D eigenvalue weighted by Crippen LogP contribution is 2.25. The lowest BCUT2D eigenvalue weighted by molar-refractivity contribution is 0.531. The van der Waals surface area contributed by atoms with Gasteiger partial charge < -0.3 is 15.6 Å². The van der Waals surface area contributed by atoms with E-state index in [1.807, 2.05) is 30.0 Å². The standard InChI is InChI=1S/C19H26N4OS.CH4/c24-19-16-6-5-14(21-13-3-1-2-4-13)11-17(16)22-18(23-19)12-25-15-7-9-20-10-8-15;/h5-6,11,13,15,20-21H,1-4,7-10,12H2,(H,22,23,24);1H4. The SMILES string of the molecule is C.O=c1[nH]c(CSC2CCNCC2)nc2cc(NC3CCCC3)ccc12. The first-order valence-corrected chi connectivity index (χ1v) is 10.4. The molecule has 1 aliphatic heterocycles. The summed E-state index contributed by atoms with van der Waals surface area (Å²) < 4.78 is 0. The average Bonchev–Trinajstić information content (AvgIpc) is 3.14. The molecule has 1 saturated heterocycles. The van der Waals surface area contributed by atoms with Gasteiger partial charge in [0, 0.05) is 17.0 Å². The van der Waals surface area contributed by atoms with Gasteiger partial charge in [-0.2, -0.15) is 11.8 Å². The number of aromatic amines is 1. The Kier molecular flexibility index (Phi) is 6.59. The van der Waals surface area contributed by atoms with Crippen molar-refractivity contribution >= 4 is 28.4 Å². The lowest BCUT2D eigenvalue weighted by Crippen LogP contribution is -2.29. The Labute approximate surface area is 159 Å². The topological polar surface area (TPSA) is 69.8 Å². The summed E-state index contributed by atoms with van der Waals surface area (Å²) in [6.45, 7) is 2.19. The molecule has 0 unspecified atom stereocenters. The van der Waals surface area contributed by atoms with Crippen molar-refractivity contribution in [2.75, 3.05) is 18.4 Å². The van der Waals surface area contributed by atoms with Gasteiger partial charge >= 0.3 is 0 Å². The maximum Gasteiger partial charge on any atom is 0.258 e. The lowest BCUT2D eigenvalue weighted by Gasteiger charge is -2.21. The zero-order chi connectivity index (χ0) is 17.1. The summed E-state index contributed by atoms with van der Waals surface area (Å²) in [7, 11) is 0. The number of hydrogen-bond acceptors (Lipinski definition) is 5. The number of rotatable bonds is 5. The number of hydrogen-bond donors (Lipinski definition) is 3. The van der Waals surface area contributed by atoms with Crippen LogP contribution < -0.4 is 16.2 Å². The van der Waals surface area contributed by atoms with Crippen LogP contribution in [-0.4, -0.2) is 34.3 Å². The molecular formula is C20H30N4OS. The summed E-state index contributed by atoms with van der Waals surface area (Å²) in [5.41, 5.74) is 1.85. The normalized spacial score (nSPS) is 18.8. The molecule has 0 atom stereocenters. The van der Waals surface area contributed by atoms with Crippen LogP contribution in [0.2, 0.25) is 0 Å². The zero-order valence-corrected chi connectivity index (χ0v) is 15.3. The van der Waals surface area contributed by atoms with Crippen LogP contribution >= 0.6 is 11.8 Å². The minimum atomic E-state index is -0.0293. The molecule has 0 radical (unpaired) electrons. The molecule has 0 amide bonds. The van der Waals surface area contributed by atoms with Gasteiger partial charge in [0.15, 0.2) is 0 Å². The van der Waals surface area contributed by atoms with Crippen LogP contribution in [0.5, 0.6) is 0 Å². The Balaban J connectivity index is 0.00000196. The van der Waals surface area contributed by atoms with E-state index in [0.29, 0.717) is 16.7 Å². The Morgan fingerprint density at radius 2 is 1.92 bits per heavy atom. The fourth-order valence-corrected chi connectivity index (χ4v) is 4.91. The molecule has 1 aromatic carbocycles. The molecule has 0 spiro atoms. The van der Waals surface area contributed by atoms with Crippen LogP contribution in [0.25, 0.3) is 10.9 Å². The van der Waals surface area contributed by atoms with E-state index in [0.717, 1.165) is 35.9 Å². The molecule has 4 rings (SSSR count). The summed E-state index contributed by atoms with van der Waals surface area (Å²) in [6, 6.07) is 6.49. The number of fused-ring (bicyclic) bond motifs is 1. The van der Waals surface area contributed by atoms with E-state index >= 15 is 0 Å².